The predicted octanol–water partition coefficient (Wildman–Crippen LogP) is 4.22. The van der Waals surface area contributed by atoms with Crippen molar-refractivity contribution in [2.24, 2.45) is 7.05 Å². The molecule has 3 rings (SSSR count). The molecule has 0 amide bonds. The molecule has 0 bridgehead atoms. The van der Waals surface area contributed by atoms with Crippen molar-refractivity contribution in [3.63, 3.8) is 0 Å². The lowest BCUT2D eigenvalue weighted by Gasteiger charge is -2.17. The lowest BCUT2D eigenvalue weighted by molar-refractivity contribution is 0.102. The molecule has 0 aliphatic heterocycles. The maximum atomic E-state index is 14.1. The summed E-state index contributed by atoms with van der Waals surface area (Å²) in [6.07, 6.45) is 0. The van der Waals surface area contributed by atoms with E-state index in [1.165, 1.54) is 17.8 Å². The van der Waals surface area contributed by atoms with Crippen molar-refractivity contribution in [3.05, 3.63) is 53.1 Å². The molecule has 2 heterocycles. The molecule has 0 N–H and O–H groups in total. The van der Waals surface area contributed by atoms with Crippen molar-refractivity contribution >= 4 is 17.5 Å². The number of halogens is 1. The smallest absolute Gasteiger partial charge is 0.191 e. The summed E-state index contributed by atoms with van der Waals surface area (Å²) < 4.78 is 23.1. The zero-order chi connectivity index (χ0) is 21.1. The van der Waals surface area contributed by atoms with Gasteiger partial charge in [0, 0.05) is 31.1 Å². The van der Waals surface area contributed by atoms with Crippen molar-refractivity contribution in [3.8, 4) is 11.4 Å². The number of Topliss-reactive ketones (excluding diaryl/α,β-unsaturated/α-hetero) is 1. The number of ether oxygens (including phenoxy) is 1. The Balaban J connectivity index is 1.76. The third-order valence-electron chi connectivity index (χ3n) is 4.92. The Morgan fingerprint density at radius 3 is 2.69 bits per heavy atom. The summed E-state index contributed by atoms with van der Waals surface area (Å²) in [5.41, 5.74) is 3.05. The molecule has 0 aliphatic carbocycles. The largest absolute Gasteiger partial charge is 0.383 e. The monoisotopic (exact) mass is 416 g/mol. The number of benzene rings is 1. The molecule has 154 valence electrons. The van der Waals surface area contributed by atoms with Gasteiger partial charge in [-0.2, -0.15) is 0 Å². The quantitative estimate of drug-likeness (QED) is 0.406. The van der Waals surface area contributed by atoms with Gasteiger partial charge in [0.15, 0.2) is 16.8 Å². The molecule has 8 heteroatoms. The summed E-state index contributed by atoms with van der Waals surface area (Å²) in [6.45, 7) is 6.59. The van der Waals surface area contributed by atoms with Crippen LogP contribution in [-0.4, -0.2) is 44.6 Å². The molecule has 2 aromatic heterocycles. The number of ketones is 1. The Kier molecular flexibility index (Phi) is 6.54. The molecule has 1 aromatic carbocycles. The van der Waals surface area contributed by atoms with Crippen LogP contribution in [0.3, 0.4) is 0 Å². The van der Waals surface area contributed by atoms with Crippen LogP contribution in [0.2, 0.25) is 0 Å². The van der Waals surface area contributed by atoms with Crippen LogP contribution in [0, 0.1) is 19.7 Å². The van der Waals surface area contributed by atoms with Gasteiger partial charge in [0.1, 0.15) is 5.82 Å². The lowest BCUT2D eigenvalue weighted by Crippen LogP contribution is -2.14. The number of thioether (sulfide) groups is 1. The molecule has 6 nitrogen and oxygen atoms in total. The van der Waals surface area contributed by atoms with Gasteiger partial charge in [-0.25, -0.2) is 4.39 Å². The van der Waals surface area contributed by atoms with Crippen LogP contribution in [0.15, 0.2) is 35.5 Å². The van der Waals surface area contributed by atoms with Crippen LogP contribution in [0.5, 0.6) is 0 Å². The van der Waals surface area contributed by atoms with Gasteiger partial charge in [0.05, 0.1) is 24.0 Å². The number of methoxy groups -OCH3 is 1. The summed E-state index contributed by atoms with van der Waals surface area (Å²) >= 11 is 1.30. The highest BCUT2D eigenvalue weighted by Crippen LogP contribution is 2.26. The zero-order valence-electron chi connectivity index (χ0n) is 17.3. The standard InChI is InChI=1S/C21H25FN4O2S/c1-13-10-17(15(3)26(13)14(2)11-28-5)19(27)12-29-21-24-23-20(25(21)4)16-8-6-7-9-18(16)22/h6-10,14H,11-12H2,1-5H3/t14-/m0/s1. The van der Waals surface area contributed by atoms with E-state index in [0.717, 1.165) is 11.4 Å². The van der Waals surface area contributed by atoms with Gasteiger partial charge in [-0.3, -0.25) is 4.79 Å². The Bertz CT molecular complexity index is 1030. The highest BCUT2D eigenvalue weighted by atomic mass is 32.2. The van der Waals surface area contributed by atoms with E-state index in [0.29, 0.717) is 28.7 Å². The minimum Gasteiger partial charge on any atom is -0.383 e. The Morgan fingerprint density at radius 1 is 1.28 bits per heavy atom. The molecule has 0 spiro atoms. The maximum absolute atomic E-state index is 14.1. The molecule has 0 saturated carbocycles. The Hall–Kier alpha value is -2.45. The molecule has 0 radical (unpaired) electrons. The van der Waals surface area contributed by atoms with Gasteiger partial charge < -0.3 is 13.9 Å². The summed E-state index contributed by atoms with van der Waals surface area (Å²) in [4.78, 5) is 12.8. The van der Waals surface area contributed by atoms with Crippen LogP contribution in [0.25, 0.3) is 11.4 Å². The van der Waals surface area contributed by atoms with Crippen molar-refractivity contribution < 1.29 is 13.9 Å². The van der Waals surface area contributed by atoms with Crippen molar-refractivity contribution in [2.45, 2.75) is 32.0 Å². The van der Waals surface area contributed by atoms with E-state index in [4.69, 9.17) is 4.74 Å². The second kappa shape index (κ2) is 8.92. The molecular weight excluding hydrogens is 391 g/mol. The topological polar surface area (TPSA) is 61.9 Å². The maximum Gasteiger partial charge on any atom is 0.191 e. The van der Waals surface area contributed by atoms with E-state index in [-0.39, 0.29) is 23.4 Å². The fourth-order valence-electron chi connectivity index (χ4n) is 3.58. The highest BCUT2D eigenvalue weighted by molar-refractivity contribution is 7.99. The number of hydrogen-bond acceptors (Lipinski definition) is 5. The Labute approximate surface area is 174 Å². The molecule has 29 heavy (non-hydrogen) atoms. The van der Waals surface area contributed by atoms with Gasteiger partial charge in [0.2, 0.25) is 0 Å². The third-order valence-corrected chi connectivity index (χ3v) is 5.94. The zero-order valence-corrected chi connectivity index (χ0v) is 18.1. The lowest BCUT2D eigenvalue weighted by atomic mass is 10.2. The SMILES string of the molecule is COC[C@H](C)n1c(C)cc(C(=O)CSc2nnc(-c3ccccc3F)n2C)c1C. The van der Waals surface area contributed by atoms with Gasteiger partial charge in [-0.15, -0.1) is 10.2 Å². The summed E-state index contributed by atoms with van der Waals surface area (Å²) in [6, 6.07) is 8.51. The van der Waals surface area contributed by atoms with Gasteiger partial charge in [-0.05, 0) is 39.0 Å². The third kappa shape index (κ3) is 4.28. The normalized spacial score (nSPS) is 12.3. The van der Waals surface area contributed by atoms with Crippen LogP contribution in [0.1, 0.15) is 34.7 Å². The summed E-state index contributed by atoms with van der Waals surface area (Å²) in [7, 11) is 3.44. The van der Waals surface area contributed by atoms with Crippen molar-refractivity contribution in [2.75, 3.05) is 19.5 Å². The highest BCUT2D eigenvalue weighted by Gasteiger charge is 2.20. The van der Waals surface area contributed by atoms with E-state index in [2.05, 4.69) is 21.7 Å². The van der Waals surface area contributed by atoms with Crippen molar-refractivity contribution in [1.29, 1.82) is 0 Å². The fourth-order valence-corrected chi connectivity index (χ4v) is 4.37. The first-order chi connectivity index (χ1) is 13.8. The van der Waals surface area contributed by atoms with Crippen LogP contribution < -0.4 is 0 Å². The van der Waals surface area contributed by atoms with E-state index in [9.17, 15) is 9.18 Å². The van der Waals surface area contributed by atoms with E-state index >= 15 is 0 Å². The molecule has 0 saturated heterocycles. The predicted molar refractivity (Wildman–Crippen MR) is 112 cm³/mol. The van der Waals surface area contributed by atoms with E-state index in [1.807, 2.05) is 19.9 Å². The van der Waals surface area contributed by atoms with Crippen LogP contribution in [-0.2, 0) is 11.8 Å². The van der Waals surface area contributed by atoms with Gasteiger partial charge >= 0.3 is 0 Å². The number of carbonyl (C=O) groups excluding carboxylic acids is 1. The number of nitrogens with zero attached hydrogens (tertiary/aromatic N) is 4. The van der Waals surface area contributed by atoms with Gasteiger partial charge in [0.25, 0.3) is 0 Å². The molecule has 0 unspecified atom stereocenters. The molecular formula is C21H25FN4O2S. The number of aromatic nitrogens is 4. The van der Waals surface area contributed by atoms with Crippen LogP contribution >= 0.6 is 11.8 Å². The Morgan fingerprint density at radius 2 is 2.00 bits per heavy atom. The molecule has 0 fully saturated rings. The number of rotatable bonds is 8. The number of carbonyl (C=O) groups is 1. The second-order valence-electron chi connectivity index (χ2n) is 7.02. The second-order valence-corrected chi connectivity index (χ2v) is 7.96. The van der Waals surface area contributed by atoms with Crippen LogP contribution in [0.4, 0.5) is 4.39 Å². The first kappa shape index (κ1) is 21.3. The summed E-state index contributed by atoms with van der Waals surface area (Å²) in [5, 5.41) is 8.80. The fraction of sp³-hybridized carbons (Fsp3) is 0.381. The molecule has 1 atom stereocenters. The molecule has 0 aliphatic rings. The molecule has 3 aromatic rings. The number of aryl methyl sites for hydroxylation is 1. The average Bonchev–Trinajstić information content (AvgIpc) is 3.19. The summed E-state index contributed by atoms with van der Waals surface area (Å²) in [5.74, 6) is 0.332. The number of hydrogen-bond donors (Lipinski definition) is 0. The minimum atomic E-state index is -0.353. The van der Waals surface area contributed by atoms with E-state index in [1.54, 1.807) is 36.9 Å². The first-order valence-electron chi connectivity index (χ1n) is 9.32. The van der Waals surface area contributed by atoms with Crippen molar-refractivity contribution in [1.82, 2.24) is 19.3 Å². The minimum absolute atomic E-state index is 0.0226. The average molecular weight is 417 g/mol. The first-order valence-corrected chi connectivity index (χ1v) is 10.3. The van der Waals surface area contributed by atoms with Gasteiger partial charge in [-0.1, -0.05) is 23.9 Å². The van der Waals surface area contributed by atoms with E-state index < -0.39 is 0 Å².